The van der Waals surface area contributed by atoms with Gasteiger partial charge in [0.1, 0.15) is 5.75 Å². The SMILES string of the molecule is COc1cc(Cl)c2[nH]c(C(C)NC(C)C)cc2c1. The molecular formula is C14H19ClN2O. The quantitative estimate of drug-likeness (QED) is 0.881. The Morgan fingerprint density at radius 1 is 1.22 bits per heavy atom. The maximum Gasteiger partial charge on any atom is 0.121 e. The second-order valence-corrected chi connectivity index (χ2v) is 5.25. The topological polar surface area (TPSA) is 37.0 Å². The summed E-state index contributed by atoms with van der Waals surface area (Å²) in [4.78, 5) is 3.37. The van der Waals surface area contributed by atoms with Crippen LogP contribution >= 0.6 is 11.6 Å². The highest BCUT2D eigenvalue weighted by molar-refractivity contribution is 6.35. The van der Waals surface area contributed by atoms with Crippen molar-refractivity contribution in [3.8, 4) is 5.75 Å². The van der Waals surface area contributed by atoms with Crippen molar-refractivity contribution in [1.82, 2.24) is 10.3 Å². The van der Waals surface area contributed by atoms with Gasteiger partial charge < -0.3 is 15.0 Å². The van der Waals surface area contributed by atoms with E-state index in [0.717, 1.165) is 22.3 Å². The fourth-order valence-electron chi connectivity index (χ4n) is 2.14. The molecule has 4 heteroatoms. The third-order valence-corrected chi connectivity index (χ3v) is 3.26. The molecule has 0 radical (unpaired) electrons. The second kappa shape index (κ2) is 5.21. The van der Waals surface area contributed by atoms with Crippen molar-refractivity contribution < 1.29 is 4.74 Å². The zero-order valence-corrected chi connectivity index (χ0v) is 11.9. The Balaban J connectivity index is 2.40. The molecule has 0 saturated carbocycles. The number of H-pyrrole nitrogens is 1. The minimum absolute atomic E-state index is 0.263. The fraction of sp³-hybridized carbons (Fsp3) is 0.429. The van der Waals surface area contributed by atoms with Crippen LogP contribution < -0.4 is 10.1 Å². The largest absolute Gasteiger partial charge is 0.497 e. The molecule has 0 spiro atoms. The lowest BCUT2D eigenvalue weighted by Crippen LogP contribution is -2.26. The molecular weight excluding hydrogens is 248 g/mol. The van der Waals surface area contributed by atoms with Gasteiger partial charge in [-0.3, -0.25) is 0 Å². The molecule has 0 amide bonds. The number of rotatable bonds is 4. The van der Waals surface area contributed by atoms with Gasteiger partial charge in [0, 0.05) is 29.2 Å². The number of fused-ring (bicyclic) bond motifs is 1. The van der Waals surface area contributed by atoms with E-state index in [1.807, 2.05) is 12.1 Å². The molecule has 98 valence electrons. The van der Waals surface area contributed by atoms with Gasteiger partial charge in [0.2, 0.25) is 0 Å². The summed E-state index contributed by atoms with van der Waals surface area (Å²) in [6, 6.07) is 6.63. The van der Waals surface area contributed by atoms with E-state index in [4.69, 9.17) is 16.3 Å². The van der Waals surface area contributed by atoms with E-state index < -0.39 is 0 Å². The summed E-state index contributed by atoms with van der Waals surface area (Å²) in [5, 5.41) is 5.23. The average Bonchev–Trinajstić information content (AvgIpc) is 2.72. The van der Waals surface area contributed by atoms with E-state index >= 15 is 0 Å². The predicted octanol–water partition coefficient (Wildman–Crippen LogP) is 3.89. The Kier molecular flexibility index (Phi) is 3.83. The molecule has 0 bridgehead atoms. The Morgan fingerprint density at radius 3 is 2.56 bits per heavy atom. The van der Waals surface area contributed by atoms with Gasteiger partial charge in [-0.15, -0.1) is 0 Å². The molecule has 1 heterocycles. The first kappa shape index (κ1) is 13.2. The molecule has 2 aromatic rings. The summed E-state index contributed by atoms with van der Waals surface area (Å²) in [6.07, 6.45) is 0. The van der Waals surface area contributed by atoms with Crippen molar-refractivity contribution in [2.75, 3.05) is 7.11 Å². The summed E-state index contributed by atoms with van der Waals surface area (Å²) in [5.41, 5.74) is 2.10. The number of ether oxygens (including phenoxy) is 1. The summed E-state index contributed by atoms with van der Waals surface area (Å²) >= 11 is 6.23. The molecule has 2 N–H and O–H groups in total. The minimum atomic E-state index is 0.263. The summed E-state index contributed by atoms with van der Waals surface area (Å²) < 4.78 is 5.22. The van der Waals surface area contributed by atoms with E-state index in [1.54, 1.807) is 7.11 Å². The first-order valence-corrected chi connectivity index (χ1v) is 6.51. The minimum Gasteiger partial charge on any atom is -0.497 e. The molecule has 1 unspecified atom stereocenters. The van der Waals surface area contributed by atoms with Gasteiger partial charge in [-0.2, -0.15) is 0 Å². The van der Waals surface area contributed by atoms with Gasteiger partial charge >= 0.3 is 0 Å². The van der Waals surface area contributed by atoms with E-state index in [0.29, 0.717) is 11.1 Å². The lowest BCUT2D eigenvalue weighted by Gasteiger charge is -2.15. The maximum atomic E-state index is 6.23. The molecule has 2 rings (SSSR count). The lowest BCUT2D eigenvalue weighted by molar-refractivity contribution is 0.415. The highest BCUT2D eigenvalue weighted by Gasteiger charge is 2.12. The van der Waals surface area contributed by atoms with Gasteiger partial charge in [0.05, 0.1) is 17.6 Å². The number of hydrogen-bond donors (Lipinski definition) is 2. The molecule has 0 aliphatic heterocycles. The summed E-state index contributed by atoms with van der Waals surface area (Å²) in [7, 11) is 1.65. The van der Waals surface area contributed by atoms with Crippen molar-refractivity contribution >= 4 is 22.5 Å². The Bertz CT molecular complexity index is 548. The molecule has 1 atom stereocenters. The second-order valence-electron chi connectivity index (χ2n) is 4.84. The number of hydrogen-bond acceptors (Lipinski definition) is 2. The number of aromatic amines is 1. The van der Waals surface area contributed by atoms with Crippen LogP contribution in [0.5, 0.6) is 5.75 Å². The van der Waals surface area contributed by atoms with Crippen LogP contribution in [-0.2, 0) is 0 Å². The molecule has 0 fully saturated rings. The number of benzene rings is 1. The molecule has 18 heavy (non-hydrogen) atoms. The fourth-order valence-corrected chi connectivity index (χ4v) is 2.40. The Hall–Kier alpha value is -1.19. The molecule has 0 saturated heterocycles. The maximum absolute atomic E-state index is 6.23. The monoisotopic (exact) mass is 266 g/mol. The van der Waals surface area contributed by atoms with Gasteiger partial charge in [-0.25, -0.2) is 0 Å². The van der Waals surface area contributed by atoms with Crippen LogP contribution in [0.4, 0.5) is 0 Å². The van der Waals surface area contributed by atoms with Crippen LogP contribution in [0, 0.1) is 0 Å². The van der Waals surface area contributed by atoms with Crippen LogP contribution in [-0.4, -0.2) is 18.1 Å². The van der Waals surface area contributed by atoms with Crippen LogP contribution in [0.3, 0.4) is 0 Å². The molecule has 1 aromatic heterocycles. The molecule has 1 aromatic carbocycles. The third kappa shape index (κ3) is 2.62. The van der Waals surface area contributed by atoms with Crippen LogP contribution in [0.1, 0.15) is 32.5 Å². The molecule has 3 nitrogen and oxygen atoms in total. The van der Waals surface area contributed by atoms with Gasteiger partial charge in [-0.1, -0.05) is 25.4 Å². The van der Waals surface area contributed by atoms with Crippen molar-refractivity contribution in [2.45, 2.75) is 32.9 Å². The third-order valence-electron chi connectivity index (χ3n) is 2.96. The van der Waals surface area contributed by atoms with Crippen LogP contribution in [0.15, 0.2) is 18.2 Å². The van der Waals surface area contributed by atoms with E-state index in [-0.39, 0.29) is 6.04 Å². The van der Waals surface area contributed by atoms with Crippen LogP contribution in [0.2, 0.25) is 5.02 Å². The van der Waals surface area contributed by atoms with Gasteiger partial charge in [0.25, 0.3) is 0 Å². The zero-order chi connectivity index (χ0) is 13.3. The van der Waals surface area contributed by atoms with Crippen molar-refractivity contribution in [3.05, 3.63) is 28.9 Å². The highest BCUT2D eigenvalue weighted by Crippen LogP contribution is 2.30. The van der Waals surface area contributed by atoms with E-state index in [1.165, 1.54) is 0 Å². The standard InChI is InChI=1S/C14H19ClN2O/c1-8(2)16-9(3)13-6-10-5-11(18-4)7-12(15)14(10)17-13/h5-9,16-17H,1-4H3. The van der Waals surface area contributed by atoms with Gasteiger partial charge in [-0.05, 0) is 19.1 Å². The summed E-state index contributed by atoms with van der Waals surface area (Å²) in [6.45, 7) is 6.40. The Labute approximate surface area is 112 Å². The smallest absolute Gasteiger partial charge is 0.121 e. The first-order chi connectivity index (χ1) is 8.51. The average molecular weight is 267 g/mol. The van der Waals surface area contributed by atoms with Crippen molar-refractivity contribution in [2.24, 2.45) is 0 Å². The summed E-state index contributed by atoms with van der Waals surface area (Å²) in [5.74, 6) is 0.780. The van der Waals surface area contributed by atoms with Gasteiger partial charge in [0.15, 0.2) is 0 Å². The van der Waals surface area contributed by atoms with Crippen molar-refractivity contribution in [3.63, 3.8) is 0 Å². The zero-order valence-electron chi connectivity index (χ0n) is 11.2. The highest BCUT2D eigenvalue weighted by atomic mass is 35.5. The first-order valence-electron chi connectivity index (χ1n) is 6.13. The predicted molar refractivity (Wildman–Crippen MR) is 76.5 cm³/mol. The Morgan fingerprint density at radius 2 is 1.94 bits per heavy atom. The lowest BCUT2D eigenvalue weighted by atomic mass is 10.2. The molecule has 0 aliphatic rings. The molecule has 0 aliphatic carbocycles. The van der Waals surface area contributed by atoms with E-state index in [2.05, 4.69) is 37.1 Å². The van der Waals surface area contributed by atoms with Crippen molar-refractivity contribution in [1.29, 1.82) is 0 Å². The number of nitrogens with one attached hydrogen (secondary N) is 2. The normalized spacial score (nSPS) is 13.2. The number of halogens is 1. The van der Waals surface area contributed by atoms with Crippen LogP contribution in [0.25, 0.3) is 10.9 Å². The number of methoxy groups -OCH3 is 1. The van der Waals surface area contributed by atoms with E-state index in [9.17, 15) is 0 Å². The number of aromatic nitrogens is 1.